The van der Waals surface area contributed by atoms with Crippen LogP contribution < -0.4 is 5.32 Å². The number of anilines is 1. The third-order valence-corrected chi connectivity index (χ3v) is 7.19. The zero-order chi connectivity index (χ0) is 23.8. The van der Waals surface area contributed by atoms with E-state index in [1.165, 1.54) is 30.6 Å². The van der Waals surface area contributed by atoms with Gasteiger partial charge in [-0.05, 0) is 42.4 Å². The fraction of sp³-hybridized carbons (Fsp3) is 0.364. The molecule has 2 saturated carbocycles. The highest BCUT2D eigenvalue weighted by Gasteiger charge is 2.75. The van der Waals surface area contributed by atoms with Crippen LogP contribution in [0.15, 0.2) is 42.9 Å². The van der Waals surface area contributed by atoms with E-state index in [2.05, 4.69) is 20.5 Å². The number of nitrogens with zero attached hydrogens (tertiary/aromatic N) is 5. The number of rotatable bonds is 4. The number of pyridine rings is 1. The molecule has 2 aliphatic carbocycles. The van der Waals surface area contributed by atoms with Crippen LogP contribution in [0.3, 0.4) is 0 Å². The van der Waals surface area contributed by atoms with Crippen LogP contribution in [0.2, 0.25) is 0 Å². The maximum Gasteiger partial charge on any atom is 0.417 e. The van der Waals surface area contributed by atoms with Gasteiger partial charge in [-0.25, -0.2) is 13.8 Å². The lowest BCUT2D eigenvalue weighted by atomic mass is 9.71. The van der Waals surface area contributed by atoms with Crippen LogP contribution >= 0.6 is 0 Å². The van der Waals surface area contributed by atoms with Crippen molar-refractivity contribution < 1.29 is 26.7 Å². The molecule has 3 fully saturated rings. The third-order valence-electron chi connectivity index (χ3n) is 7.19. The Kier molecular flexibility index (Phi) is 4.30. The molecule has 1 aliphatic heterocycles. The van der Waals surface area contributed by atoms with E-state index in [0.717, 1.165) is 11.2 Å². The average molecular weight is 476 g/mol. The molecule has 1 saturated heterocycles. The first kappa shape index (κ1) is 21.0. The Morgan fingerprint density at radius 3 is 2.59 bits per heavy atom. The van der Waals surface area contributed by atoms with Crippen LogP contribution in [-0.4, -0.2) is 49.4 Å². The van der Waals surface area contributed by atoms with Crippen molar-refractivity contribution in [3.8, 4) is 5.69 Å². The Labute approximate surface area is 189 Å². The van der Waals surface area contributed by atoms with Crippen molar-refractivity contribution >= 4 is 11.7 Å². The van der Waals surface area contributed by atoms with E-state index in [0.29, 0.717) is 25.2 Å². The molecule has 3 heterocycles. The second-order valence-corrected chi connectivity index (χ2v) is 9.00. The molecule has 7 nitrogen and oxygen atoms in total. The van der Waals surface area contributed by atoms with Gasteiger partial charge in [0.15, 0.2) is 17.5 Å². The fourth-order valence-corrected chi connectivity index (χ4v) is 5.61. The summed E-state index contributed by atoms with van der Waals surface area (Å²) in [6, 6.07) is 3.84. The van der Waals surface area contributed by atoms with Gasteiger partial charge in [-0.2, -0.15) is 23.4 Å². The Balaban J connectivity index is 1.28. The number of alkyl halides is 3. The summed E-state index contributed by atoms with van der Waals surface area (Å²) in [5.74, 6) is -2.19. The Hall–Kier alpha value is -3.57. The molecule has 3 aromatic rings. The maximum atomic E-state index is 14.6. The molecule has 12 heteroatoms. The number of para-hydroxylation sites is 1. The van der Waals surface area contributed by atoms with Crippen LogP contribution in [-0.2, 0) is 6.18 Å². The summed E-state index contributed by atoms with van der Waals surface area (Å²) in [4.78, 5) is 19.8. The highest BCUT2D eigenvalue weighted by molar-refractivity contribution is 5.98. The Morgan fingerprint density at radius 1 is 1.12 bits per heavy atom. The minimum absolute atomic E-state index is 0.0635. The summed E-state index contributed by atoms with van der Waals surface area (Å²) < 4.78 is 67.5. The number of likely N-dealkylation sites (tertiary alicyclic amines) is 1. The lowest BCUT2D eigenvalue weighted by Crippen LogP contribution is -2.60. The molecule has 176 valence electrons. The Bertz CT molecular complexity index is 1300. The van der Waals surface area contributed by atoms with Crippen molar-refractivity contribution in [2.24, 2.45) is 11.3 Å². The quantitative estimate of drug-likeness (QED) is 0.582. The van der Waals surface area contributed by atoms with E-state index in [1.807, 2.05) is 0 Å². The number of piperidine rings is 1. The molecule has 4 atom stereocenters. The van der Waals surface area contributed by atoms with Gasteiger partial charge in [0.1, 0.15) is 5.69 Å². The van der Waals surface area contributed by atoms with Crippen molar-refractivity contribution in [2.75, 3.05) is 11.9 Å². The molecule has 1 spiro atoms. The van der Waals surface area contributed by atoms with Gasteiger partial charge in [-0.3, -0.25) is 4.79 Å². The zero-order valence-electron chi connectivity index (χ0n) is 17.4. The zero-order valence-corrected chi connectivity index (χ0v) is 17.4. The van der Waals surface area contributed by atoms with Crippen LogP contribution in [0, 0.1) is 23.0 Å². The number of carbonyl (C=O) groups is 1. The van der Waals surface area contributed by atoms with E-state index in [-0.39, 0.29) is 34.4 Å². The summed E-state index contributed by atoms with van der Waals surface area (Å²) in [5.41, 5.74) is -1.25. The first-order chi connectivity index (χ1) is 16.2. The van der Waals surface area contributed by atoms with Crippen molar-refractivity contribution in [1.29, 1.82) is 0 Å². The Morgan fingerprint density at radius 2 is 1.88 bits per heavy atom. The van der Waals surface area contributed by atoms with E-state index in [4.69, 9.17) is 0 Å². The molecule has 2 aromatic heterocycles. The van der Waals surface area contributed by atoms with Crippen LogP contribution in [0.4, 0.5) is 27.8 Å². The van der Waals surface area contributed by atoms with Crippen molar-refractivity contribution in [1.82, 2.24) is 24.9 Å². The lowest BCUT2D eigenvalue weighted by Gasteiger charge is -2.48. The second-order valence-electron chi connectivity index (χ2n) is 9.00. The molecule has 0 radical (unpaired) electrons. The molecule has 1 aromatic carbocycles. The van der Waals surface area contributed by atoms with Gasteiger partial charge < -0.3 is 10.2 Å². The summed E-state index contributed by atoms with van der Waals surface area (Å²) in [6.45, 7) is 0.465. The SMILES string of the molecule is O=C(c1cccc(F)c1-n1nccn1)N1CC2CC23CC(Nc2ncc(C(F)(F)F)cc2F)C13. The predicted octanol–water partition coefficient (Wildman–Crippen LogP) is 3.67. The minimum Gasteiger partial charge on any atom is -0.363 e. The van der Waals surface area contributed by atoms with Crippen molar-refractivity contribution in [2.45, 2.75) is 31.1 Å². The number of hydrogen-bond donors (Lipinski definition) is 1. The summed E-state index contributed by atoms with van der Waals surface area (Å²) in [6.07, 6.45) is 0.184. The largest absolute Gasteiger partial charge is 0.417 e. The molecule has 4 unspecified atom stereocenters. The number of aromatic nitrogens is 4. The number of carbonyl (C=O) groups excluding carboxylic acids is 1. The van der Waals surface area contributed by atoms with E-state index >= 15 is 0 Å². The normalized spacial score (nSPS) is 27.1. The number of benzene rings is 1. The highest BCUT2D eigenvalue weighted by atomic mass is 19.4. The van der Waals surface area contributed by atoms with E-state index in [9.17, 15) is 26.7 Å². The second kappa shape index (κ2) is 6.97. The number of nitrogens with one attached hydrogen (secondary N) is 1. The van der Waals surface area contributed by atoms with Gasteiger partial charge in [0.2, 0.25) is 0 Å². The smallest absolute Gasteiger partial charge is 0.363 e. The van der Waals surface area contributed by atoms with Crippen LogP contribution in [0.25, 0.3) is 5.69 Å². The minimum atomic E-state index is -4.70. The van der Waals surface area contributed by atoms with Crippen molar-refractivity contribution in [3.05, 3.63) is 65.6 Å². The number of hydrogen-bond acceptors (Lipinski definition) is 5. The van der Waals surface area contributed by atoms with Crippen LogP contribution in [0.1, 0.15) is 28.8 Å². The topological polar surface area (TPSA) is 75.9 Å². The monoisotopic (exact) mass is 476 g/mol. The molecular weight excluding hydrogens is 459 g/mol. The lowest BCUT2D eigenvalue weighted by molar-refractivity contribution is -0.138. The summed E-state index contributed by atoms with van der Waals surface area (Å²) in [5, 5.41) is 10.8. The summed E-state index contributed by atoms with van der Waals surface area (Å²) in [7, 11) is 0. The van der Waals surface area contributed by atoms with E-state index in [1.54, 1.807) is 4.90 Å². The molecule has 1 amide bonds. The molecule has 34 heavy (non-hydrogen) atoms. The molecule has 0 bridgehead atoms. The molecule has 3 aliphatic rings. The van der Waals surface area contributed by atoms with Gasteiger partial charge in [-0.15, -0.1) is 4.80 Å². The fourth-order valence-electron chi connectivity index (χ4n) is 5.61. The maximum absolute atomic E-state index is 14.6. The first-order valence-electron chi connectivity index (χ1n) is 10.6. The van der Waals surface area contributed by atoms with Crippen molar-refractivity contribution in [3.63, 3.8) is 0 Å². The average Bonchev–Trinajstić information content (AvgIpc) is 3.14. The molecular formula is C22H17F5N6O. The first-order valence-corrected chi connectivity index (χ1v) is 10.6. The van der Waals surface area contributed by atoms with E-state index < -0.39 is 35.3 Å². The van der Waals surface area contributed by atoms with Gasteiger partial charge in [0, 0.05) is 18.8 Å². The standard InChI is InChI=1S/C22H17F5N6O/c23-14-3-1-2-13(17(14)33-29-4-5-30-33)20(34)32-10-12-7-21(12)8-16(18(21)32)31-19-15(24)6-11(9-28-19)22(25,26)27/h1-6,9,12,16,18H,7-8,10H2,(H,28,31). The molecule has 6 rings (SSSR count). The van der Waals surface area contributed by atoms with Gasteiger partial charge >= 0.3 is 6.18 Å². The summed E-state index contributed by atoms with van der Waals surface area (Å²) >= 11 is 0. The number of amides is 1. The third kappa shape index (κ3) is 3.00. The highest BCUT2D eigenvalue weighted by Crippen LogP contribution is 2.71. The number of halogens is 5. The van der Waals surface area contributed by atoms with Gasteiger partial charge in [0.25, 0.3) is 5.91 Å². The molecule has 1 N–H and O–H groups in total. The van der Waals surface area contributed by atoms with Gasteiger partial charge in [-0.1, -0.05) is 6.07 Å². The van der Waals surface area contributed by atoms with Gasteiger partial charge in [0.05, 0.1) is 29.6 Å². The predicted molar refractivity (Wildman–Crippen MR) is 108 cm³/mol. The van der Waals surface area contributed by atoms with Crippen LogP contribution in [0.5, 0.6) is 0 Å².